The summed E-state index contributed by atoms with van der Waals surface area (Å²) in [5.74, 6) is -0.495. The minimum atomic E-state index is -5.04. The third kappa shape index (κ3) is 39.2. The first kappa shape index (κ1) is 67.8. The number of phosphoric acid groups is 1. The highest BCUT2D eigenvalue weighted by atomic mass is 31.2. The summed E-state index contributed by atoms with van der Waals surface area (Å²) in [6, 6.07) is 0. The number of allylic oxidation sites excluding steroid dienone is 12. The molecule has 0 bridgehead atoms. The van der Waals surface area contributed by atoms with E-state index in [4.69, 9.17) is 18.5 Å². The first-order chi connectivity index (χ1) is 35.0. The third-order valence-electron chi connectivity index (χ3n) is 13.1. The molecular formula is C59H105O12P. The van der Waals surface area contributed by atoms with E-state index in [-0.39, 0.29) is 13.0 Å². The monoisotopic (exact) mass is 1040 g/mol. The molecule has 0 amide bonds. The van der Waals surface area contributed by atoms with Gasteiger partial charge in [0, 0.05) is 13.0 Å². The maximum atomic E-state index is 12.9. The van der Waals surface area contributed by atoms with Crippen LogP contribution in [0.5, 0.6) is 0 Å². The molecule has 1 rings (SSSR count). The average Bonchev–Trinajstić information content (AvgIpc) is 3.37. The molecule has 0 saturated heterocycles. The zero-order valence-electron chi connectivity index (χ0n) is 45.2. The van der Waals surface area contributed by atoms with Crippen LogP contribution in [0.3, 0.4) is 0 Å². The van der Waals surface area contributed by atoms with Crippen LogP contribution in [-0.2, 0) is 27.9 Å². The Hall–Kier alpha value is -2.22. The van der Waals surface area contributed by atoms with E-state index in [1.165, 1.54) is 122 Å². The summed E-state index contributed by atoms with van der Waals surface area (Å²) in [4.78, 5) is 23.3. The molecule has 0 aromatic heterocycles. The van der Waals surface area contributed by atoms with Gasteiger partial charge in [-0.1, -0.05) is 215 Å². The van der Waals surface area contributed by atoms with Crippen molar-refractivity contribution in [3.05, 3.63) is 72.9 Å². The number of aliphatic hydroxyl groups is 5. The maximum absolute atomic E-state index is 12.9. The van der Waals surface area contributed by atoms with Gasteiger partial charge < -0.3 is 39.9 Å². The summed E-state index contributed by atoms with van der Waals surface area (Å²) in [6.45, 7) is 4.15. The van der Waals surface area contributed by atoms with Gasteiger partial charge in [-0.05, 0) is 83.5 Å². The summed E-state index contributed by atoms with van der Waals surface area (Å²) in [6.07, 6.45) is 52.5. The number of hydrogen-bond donors (Lipinski definition) is 6. The van der Waals surface area contributed by atoms with Gasteiger partial charge in [0.2, 0.25) is 0 Å². The fraction of sp³-hybridized carbons (Fsp3) is 0.780. The molecule has 0 aliphatic heterocycles. The molecule has 0 aromatic carbocycles. The van der Waals surface area contributed by atoms with E-state index in [1.807, 2.05) is 0 Å². The lowest BCUT2D eigenvalue weighted by Crippen LogP contribution is -2.64. The van der Waals surface area contributed by atoms with Crippen molar-refractivity contribution in [3.63, 3.8) is 0 Å². The number of carbonyl (C=O) groups is 1. The van der Waals surface area contributed by atoms with Crippen LogP contribution in [0.25, 0.3) is 0 Å². The van der Waals surface area contributed by atoms with Gasteiger partial charge in [-0.15, -0.1) is 0 Å². The Morgan fingerprint density at radius 1 is 0.458 bits per heavy atom. The Morgan fingerprint density at radius 3 is 1.26 bits per heavy atom. The standard InChI is InChI=1S/C59H105O12P/c1-3-5-7-9-11-13-15-17-19-21-23-25-26-27-29-31-33-35-37-39-41-43-45-47-49-68-50-52(51-69-72(66,67)71-59-57(64)55(62)54(61)56(63)58(59)65)70-53(60)48-46-44-42-40-38-36-34-32-30-28-24-22-20-18-16-14-12-10-8-6-4-2/h6,8,12,14,18,20-21,23-24,28,32,34,52,54-59,61-65H,3-5,7,9-11,13,15-17,19,22,25-27,29-31,33,35-51H2,1-2H3,(H,66,67)/b8-6-,14-12-,20-18-,23-21-,28-24-,34-32-. The minimum absolute atomic E-state index is 0.0874. The van der Waals surface area contributed by atoms with Gasteiger partial charge >= 0.3 is 13.8 Å². The molecule has 1 saturated carbocycles. The Balaban J connectivity index is 2.30. The lowest BCUT2D eigenvalue weighted by molar-refractivity contribution is -0.220. The third-order valence-corrected chi connectivity index (χ3v) is 14.0. The second kappa shape index (κ2) is 48.4. The number of hydrogen-bond acceptors (Lipinski definition) is 11. The molecule has 1 aliphatic rings. The predicted molar refractivity (Wildman–Crippen MR) is 295 cm³/mol. The van der Waals surface area contributed by atoms with Gasteiger partial charge in [0.15, 0.2) is 0 Å². The van der Waals surface area contributed by atoms with Crippen LogP contribution in [0.1, 0.15) is 232 Å². The van der Waals surface area contributed by atoms with Crippen molar-refractivity contribution >= 4 is 13.8 Å². The predicted octanol–water partition coefficient (Wildman–Crippen LogP) is 13.9. The quantitative estimate of drug-likeness (QED) is 0.0146. The zero-order valence-corrected chi connectivity index (χ0v) is 46.1. The van der Waals surface area contributed by atoms with E-state index >= 15 is 0 Å². The summed E-state index contributed by atoms with van der Waals surface area (Å²) < 4.78 is 34.4. The highest BCUT2D eigenvalue weighted by Crippen LogP contribution is 2.47. The first-order valence-electron chi connectivity index (χ1n) is 28.8. The molecule has 72 heavy (non-hydrogen) atoms. The van der Waals surface area contributed by atoms with Crippen molar-refractivity contribution in [1.82, 2.24) is 0 Å². The van der Waals surface area contributed by atoms with E-state index < -0.39 is 63.1 Å². The van der Waals surface area contributed by atoms with Crippen molar-refractivity contribution in [2.24, 2.45) is 0 Å². The number of rotatable bonds is 49. The Morgan fingerprint density at radius 2 is 0.819 bits per heavy atom. The number of phosphoric ester groups is 1. The molecule has 1 aliphatic carbocycles. The smallest absolute Gasteiger partial charge is 0.457 e. The van der Waals surface area contributed by atoms with Crippen LogP contribution < -0.4 is 0 Å². The van der Waals surface area contributed by atoms with Gasteiger partial charge in [0.1, 0.15) is 42.7 Å². The molecule has 0 spiro atoms. The second-order valence-corrected chi connectivity index (χ2v) is 21.2. The van der Waals surface area contributed by atoms with Crippen LogP contribution in [0.2, 0.25) is 0 Å². The van der Waals surface area contributed by atoms with Gasteiger partial charge in [0.25, 0.3) is 0 Å². The Labute approximate surface area is 438 Å². The highest BCUT2D eigenvalue weighted by Gasteiger charge is 2.51. The molecule has 6 N–H and O–H groups in total. The number of esters is 1. The van der Waals surface area contributed by atoms with Gasteiger partial charge in [-0.2, -0.15) is 0 Å². The zero-order chi connectivity index (χ0) is 52.6. The maximum Gasteiger partial charge on any atom is 0.472 e. The van der Waals surface area contributed by atoms with Crippen molar-refractivity contribution in [1.29, 1.82) is 0 Å². The van der Waals surface area contributed by atoms with Crippen molar-refractivity contribution in [2.75, 3.05) is 19.8 Å². The number of ether oxygens (including phenoxy) is 2. The van der Waals surface area contributed by atoms with Crippen LogP contribution in [0, 0.1) is 0 Å². The Kier molecular flexibility index (Phi) is 45.6. The SMILES string of the molecule is CC/C=C\C/C=C\C/C=C\C/C=C\C/C=C\CCCCCCCC(=O)OC(COCCCCCCCCCCCCCC/C=C\CCCCCCCCCC)COP(=O)(O)OC1C(O)C(O)C(O)C(O)C1O. The molecule has 6 atom stereocenters. The first-order valence-corrected chi connectivity index (χ1v) is 30.3. The van der Waals surface area contributed by atoms with Crippen molar-refractivity contribution in [2.45, 2.75) is 275 Å². The van der Waals surface area contributed by atoms with E-state index in [0.29, 0.717) is 13.0 Å². The minimum Gasteiger partial charge on any atom is -0.457 e. The summed E-state index contributed by atoms with van der Waals surface area (Å²) >= 11 is 0. The van der Waals surface area contributed by atoms with E-state index in [9.17, 15) is 39.8 Å². The lowest BCUT2D eigenvalue weighted by atomic mass is 9.85. The van der Waals surface area contributed by atoms with E-state index in [2.05, 4.69) is 86.8 Å². The summed E-state index contributed by atoms with van der Waals surface area (Å²) in [7, 11) is -5.04. The molecule has 0 radical (unpaired) electrons. The molecule has 0 heterocycles. The highest BCUT2D eigenvalue weighted by molar-refractivity contribution is 7.47. The second-order valence-electron chi connectivity index (χ2n) is 19.8. The molecule has 6 unspecified atom stereocenters. The summed E-state index contributed by atoms with van der Waals surface area (Å²) in [5, 5.41) is 50.4. The van der Waals surface area contributed by atoms with Gasteiger partial charge in [-0.3, -0.25) is 13.8 Å². The van der Waals surface area contributed by atoms with Crippen LogP contribution in [0.4, 0.5) is 0 Å². The Bertz CT molecular complexity index is 1460. The molecule has 12 nitrogen and oxygen atoms in total. The molecule has 1 fully saturated rings. The average molecular weight is 1040 g/mol. The normalized spacial score (nSPS) is 21.2. The van der Waals surface area contributed by atoms with Crippen LogP contribution >= 0.6 is 7.82 Å². The number of unbranched alkanes of at least 4 members (excludes halogenated alkanes) is 25. The molecule has 0 aromatic rings. The number of carbonyl (C=O) groups excluding carboxylic acids is 1. The molecule has 418 valence electrons. The molecule has 13 heteroatoms. The van der Waals surface area contributed by atoms with Crippen LogP contribution in [-0.4, -0.2) is 98.9 Å². The fourth-order valence-electron chi connectivity index (χ4n) is 8.56. The van der Waals surface area contributed by atoms with Crippen molar-refractivity contribution < 1.29 is 58.3 Å². The fourth-order valence-corrected chi connectivity index (χ4v) is 9.53. The van der Waals surface area contributed by atoms with Gasteiger partial charge in [-0.25, -0.2) is 4.57 Å². The number of aliphatic hydroxyl groups excluding tert-OH is 5. The molecular weight excluding hydrogens is 932 g/mol. The van der Waals surface area contributed by atoms with E-state index in [0.717, 1.165) is 83.5 Å². The largest absolute Gasteiger partial charge is 0.472 e. The topological polar surface area (TPSA) is 192 Å². The van der Waals surface area contributed by atoms with E-state index in [1.54, 1.807) is 0 Å². The van der Waals surface area contributed by atoms with Crippen molar-refractivity contribution in [3.8, 4) is 0 Å². The van der Waals surface area contributed by atoms with Crippen LogP contribution in [0.15, 0.2) is 72.9 Å². The lowest BCUT2D eigenvalue weighted by Gasteiger charge is -2.41. The van der Waals surface area contributed by atoms with Gasteiger partial charge in [0.05, 0.1) is 13.2 Å². The summed E-state index contributed by atoms with van der Waals surface area (Å²) in [5.41, 5.74) is 0.